The minimum absolute atomic E-state index is 0.0625. The third-order valence-electron chi connectivity index (χ3n) is 1.54. The average Bonchev–Trinajstić information content (AvgIpc) is 1.83. The summed E-state index contributed by atoms with van der Waals surface area (Å²) >= 11 is 0. The van der Waals surface area contributed by atoms with Crippen molar-refractivity contribution >= 4 is 10.1 Å². The Labute approximate surface area is 70.5 Å². The molecule has 0 amide bonds. The lowest BCUT2D eigenvalue weighted by atomic mass is 10.1. The Hall–Kier alpha value is -0.850. The fraction of sp³-hybridized carbons (Fsp3) is 0.333. The van der Waals surface area contributed by atoms with Crippen LogP contribution in [0.15, 0.2) is 23.9 Å². The summed E-state index contributed by atoms with van der Waals surface area (Å²) in [6.07, 6.45) is 4.13. The average molecular weight is 190 g/mol. The summed E-state index contributed by atoms with van der Waals surface area (Å²) in [5.41, 5.74) is 10.8. The molecule has 0 aliphatic heterocycles. The van der Waals surface area contributed by atoms with Crippen molar-refractivity contribution in [1.29, 1.82) is 0 Å². The number of rotatable bonds is 1. The number of nitrogens with two attached hydrogens (primary N) is 2. The second kappa shape index (κ2) is 2.89. The molecule has 0 aromatic heterocycles. The first-order chi connectivity index (χ1) is 5.41. The van der Waals surface area contributed by atoms with Gasteiger partial charge in [0.1, 0.15) is 5.25 Å². The molecule has 0 fully saturated rings. The molecule has 1 aliphatic rings. The molecular formula is C6H10N2O3S. The molecule has 0 aromatic carbocycles. The van der Waals surface area contributed by atoms with Gasteiger partial charge in [-0.15, -0.1) is 0 Å². The first-order valence-corrected chi connectivity index (χ1v) is 4.79. The second-order valence-corrected chi connectivity index (χ2v) is 4.10. The number of hydrogen-bond donors (Lipinski definition) is 3. The van der Waals surface area contributed by atoms with Gasteiger partial charge in [0.15, 0.2) is 0 Å². The zero-order valence-corrected chi connectivity index (χ0v) is 7.03. The van der Waals surface area contributed by atoms with E-state index in [9.17, 15) is 8.42 Å². The molecule has 5 nitrogen and oxygen atoms in total. The van der Waals surface area contributed by atoms with Crippen molar-refractivity contribution in [3.05, 3.63) is 23.9 Å². The molecule has 6 heteroatoms. The lowest BCUT2D eigenvalue weighted by molar-refractivity contribution is 0.478. The predicted octanol–water partition coefficient (Wildman–Crippen LogP) is -1.02. The molecule has 1 aliphatic carbocycles. The van der Waals surface area contributed by atoms with E-state index < -0.39 is 15.4 Å². The summed E-state index contributed by atoms with van der Waals surface area (Å²) in [6.45, 7) is 0. The highest BCUT2D eigenvalue weighted by molar-refractivity contribution is 7.86. The lowest BCUT2D eigenvalue weighted by Crippen LogP contribution is -2.31. The molecule has 0 saturated carbocycles. The maximum Gasteiger partial charge on any atom is 0.277 e. The van der Waals surface area contributed by atoms with Crippen LogP contribution in [0.2, 0.25) is 0 Å². The van der Waals surface area contributed by atoms with Crippen LogP contribution in [-0.4, -0.2) is 24.3 Å². The topological polar surface area (TPSA) is 106 Å². The van der Waals surface area contributed by atoms with E-state index in [4.69, 9.17) is 16.0 Å². The Morgan fingerprint density at radius 3 is 2.42 bits per heavy atom. The smallest absolute Gasteiger partial charge is 0.277 e. The molecule has 2 unspecified atom stereocenters. The molecule has 1 rings (SSSR count). The molecule has 0 heterocycles. The van der Waals surface area contributed by atoms with Gasteiger partial charge < -0.3 is 11.5 Å². The van der Waals surface area contributed by atoms with E-state index in [2.05, 4.69) is 0 Å². The molecule has 12 heavy (non-hydrogen) atoms. The normalized spacial score (nSPS) is 30.0. The number of hydrogen-bond acceptors (Lipinski definition) is 4. The molecule has 5 N–H and O–H groups in total. The van der Waals surface area contributed by atoms with Crippen LogP contribution in [0.3, 0.4) is 0 Å². The van der Waals surface area contributed by atoms with E-state index in [-0.39, 0.29) is 11.7 Å². The minimum Gasteiger partial charge on any atom is -0.401 e. The Morgan fingerprint density at radius 2 is 2.00 bits per heavy atom. The van der Waals surface area contributed by atoms with Crippen molar-refractivity contribution in [2.45, 2.75) is 11.3 Å². The van der Waals surface area contributed by atoms with Crippen LogP contribution in [0.25, 0.3) is 0 Å². The summed E-state index contributed by atoms with van der Waals surface area (Å²) in [7, 11) is -4.13. The van der Waals surface area contributed by atoms with Gasteiger partial charge in [-0.3, -0.25) is 4.55 Å². The summed E-state index contributed by atoms with van der Waals surface area (Å²) in [4.78, 5) is 0. The highest BCUT2D eigenvalue weighted by Gasteiger charge is 2.25. The minimum atomic E-state index is -4.13. The fourth-order valence-electron chi connectivity index (χ4n) is 0.984. The SMILES string of the molecule is NC1=CC(N)C=CC1S(=O)(=O)O. The van der Waals surface area contributed by atoms with E-state index in [1.54, 1.807) is 0 Å². The van der Waals surface area contributed by atoms with Crippen LogP contribution in [0.5, 0.6) is 0 Å². The monoisotopic (exact) mass is 190 g/mol. The molecule has 0 bridgehead atoms. The largest absolute Gasteiger partial charge is 0.401 e. The highest BCUT2D eigenvalue weighted by atomic mass is 32.2. The van der Waals surface area contributed by atoms with Gasteiger partial charge in [0, 0.05) is 11.7 Å². The Balaban J connectivity index is 2.98. The molecule has 2 atom stereocenters. The molecule has 0 aromatic rings. The van der Waals surface area contributed by atoms with E-state index in [1.165, 1.54) is 18.2 Å². The van der Waals surface area contributed by atoms with Gasteiger partial charge in [-0.25, -0.2) is 0 Å². The van der Waals surface area contributed by atoms with Gasteiger partial charge in [0.25, 0.3) is 10.1 Å². The van der Waals surface area contributed by atoms with E-state index in [0.29, 0.717) is 0 Å². The summed E-state index contributed by atoms with van der Waals surface area (Å²) in [5.74, 6) is 0. The van der Waals surface area contributed by atoms with Crippen LogP contribution >= 0.6 is 0 Å². The van der Waals surface area contributed by atoms with E-state index in [1.807, 2.05) is 0 Å². The summed E-state index contributed by atoms with van der Waals surface area (Å²) in [5, 5.41) is -1.14. The molecule has 0 spiro atoms. The molecule has 0 radical (unpaired) electrons. The summed E-state index contributed by atoms with van der Waals surface area (Å²) in [6, 6.07) is -0.372. The Kier molecular flexibility index (Phi) is 2.22. The molecule has 0 saturated heterocycles. The summed E-state index contributed by atoms with van der Waals surface area (Å²) < 4.78 is 30.0. The van der Waals surface area contributed by atoms with E-state index >= 15 is 0 Å². The highest BCUT2D eigenvalue weighted by Crippen LogP contribution is 2.13. The van der Waals surface area contributed by atoms with Gasteiger partial charge in [0.05, 0.1) is 0 Å². The zero-order chi connectivity index (χ0) is 9.35. The van der Waals surface area contributed by atoms with Crippen molar-refractivity contribution in [3.63, 3.8) is 0 Å². The van der Waals surface area contributed by atoms with Crippen LogP contribution in [0.4, 0.5) is 0 Å². The van der Waals surface area contributed by atoms with Crippen molar-refractivity contribution in [2.75, 3.05) is 0 Å². The van der Waals surface area contributed by atoms with Crippen molar-refractivity contribution in [1.82, 2.24) is 0 Å². The van der Waals surface area contributed by atoms with Crippen LogP contribution < -0.4 is 11.5 Å². The first kappa shape index (κ1) is 9.24. The zero-order valence-electron chi connectivity index (χ0n) is 6.21. The second-order valence-electron chi connectivity index (χ2n) is 2.56. The standard InChI is InChI=1S/C6H10N2O3S/c7-4-1-2-6(5(8)3-4)12(9,10)11/h1-4,6H,7-8H2,(H,9,10,11). The first-order valence-electron chi connectivity index (χ1n) is 3.28. The van der Waals surface area contributed by atoms with Gasteiger partial charge in [-0.2, -0.15) is 8.42 Å². The maximum absolute atomic E-state index is 10.6. The van der Waals surface area contributed by atoms with Crippen LogP contribution in [-0.2, 0) is 10.1 Å². The lowest BCUT2D eigenvalue weighted by Gasteiger charge is -2.16. The van der Waals surface area contributed by atoms with Gasteiger partial charge >= 0.3 is 0 Å². The van der Waals surface area contributed by atoms with Crippen LogP contribution in [0.1, 0.15) is 0 Å². The Bertz CT molecular complexity index is 331. The fourth-order valence-corrected chi connectivity index (χ4v) is 1.70. The third-order valence-corrected chi connectivity index (χ3v) is 2.61. The van der Waals surface area contributed by atoms with Crippen LogP contribution in [0, 0.1) is 0 Å². The van der Waals surface area contributed by atoms with Gasteiger partial charge in [0.2, 0.25) is 0 Å². The molecular weight excluding hydrogens is 180 g/mol. The van der Waals surface area contributed by atoms with Crippen molar-refractivity contribution < 1.29 is 13.0 Å². The predicted molar refractivity (Wildman–Crippen MR) is 44.7 cm³/mol. The Morgan fingerprint density at radius 1 is 1.42 bits per heavy atom. The van der Waals surface area contributed by atoms with Crippen molar-refractivity contribution in [2.24, 2.45) is 11.5 Å². The quantitative estimate of drug-likeness (QED) is 0.362. The van der Waals surface area contributed by atoms with E-state index in [0.717, 1.165) is 0 Å². The van der Waals surface area contributed by atoms with Crippen molar-refractivity contribution in [3.8, 4) is 0 Å². The third kappa shape index (κ3) is 1.84. The van der Waals surface area contributed by atoms with Gasteiger partial charge in [-0.1, -0.05) is 12.2 Å². The maximum atomic E-state index is 10.6. The molecule has 68 valence electrons. The van der Waals surface area contributed by atoms with Gasteiger partial charge in [-0.05, 0) is 6.08 Å².